The highest BCUT2D eigenvalue weighted by atomic mass is 16.5. The molecule has 3 heteroatoms. The molecule has 0 heterocycles. The molecule has 0 spiro atoms. The van der Waals surface area contributed by atoms with Crippen molar-refractivity contribution in [1.82, 2.24) is 0 Å². The molecule has 90 valence electrons. The standard InChI is InChI=1S/C13H21NO2/c1-9-7-12(15-3)11(6-5-10(2)14)13(8-9)16-4/h7-8,10H,5-6,14H2,1-4H3. The van der Waals surface area contributed by atoms with Crippen molar-refractivity contribution >= 4 is 0 Å². The zero-order valence-electron chi connectivity index (χ0n) is 10.5. The molecule has 16 heavy (non-hydrogen) atoms. The molecule has 0 aliphatic heterocycles. The lowest BCUT2D eigenvalue weighted by molar-refractivity contribution is 0.383. The van der Waals surface area contributed by atoms with Gasteiger partial charge >= 0.3 is 0 Å². The number of hydrogen-bond acceptors (Lipinski definition) is 3. The largest absolute Gasteiger partial charge is 0.496 e. The molecular weight excluding hydrogens is 202 g/mol. The number of benzene rings is 1. The second-order valence-electron chi connectivity index (χ2n) is 4.16. The van der Waals surface area contributed by atoms with Crippen molar-refractivity contribution in [2.45, 2.75) is 32.7 Å². The van der Waals surface area contributed by atoms with Crippen LogP contribution in [0.25, 0.3) is 0 Å². The molecule has 3 nitrogen and oxygen atoms in total. The highest BCUT2D eigenvalue weighted by Crippen LogP contribution is 2.31. The Morgan fingerprint density at radius 3 is 2.06 bits per heavy atom. The Morgan fingerprint density at radius 1 is 1.19 bits per heavy atom. The third-order valence-electron chi connectivity index (χ3n) is 2.60. The summed E-state index contributed by atoms with van der Waals surface area (Å²) in [6.07, 6.45) is 1.81. The first-order valence-electron chi connectivity index (χ1n) is 5.55. The van der Waals surface area contributed by atoms with Crippen LogP contribution in [0, 0.1) is 6.92 Å². The van der Waals surface area contributed by atoms with Gasteiger partial charge < -0.3 is 15.2 Å². The van der Waals surface area contributed by atoms with E-state index in [1.807, 2.05) is 26.0 Å². The van der Waals surface area contributed by atoms with Crippen molar-refractivity contribution in [3.05, 3.63) is 23.3 Å². The maximum atomic E-state index is 5.77. The predicted octanol–water partition coefficient (Wildman–Crippen LogP) is 2.29. The van der Waals surface area contributed by atoms with Crippen molar-refractivity contribution in [2.24, 2.45) is 5.73 Å². The summed E-state index contributed by atoms with van der Waals surface area (Å²) >= 11 is 0. The van der Waals surface area contributed by atoms with E-state index in [4.69, 9.17) is 15.2 Å². The van der Waals surface area contributed by atoms with Crippen LogP contribution in [-0.2, 0) is 6.42 Å². The smallest absolute Gasteiger partial charge is 0.126 e. The fourth-order valence-electron chi connectivity index (χ4n) is 1.73. The van der Waals surface area contributed by atoms with Gasteiger partial charge in [-0.2, -0.15) is 0 Å². The minimum atomic E-state index is 0.190. The predicted molar refractivity (Wildman–Crippen MR) is 66.3 cm³/mol. The average Bonchev–Trinajstić information content (AvgIpc) is 2.25. The van der Waals surface area contributed by atoms with Crippen molar-refractivity contribution in [2.75, 3.05) is 14.2 Å². The second-order valence-corrected chi connectivity index (χ2v) is 4.16. The normalized spacial score (nSPS) is 12.3. The Labute approximate surface area is 97.6 Å². The molecule has 0 radical (unpaired) electrons. The van der Waals surface area contributed by atoms with Gasteiger partial charge in [-0.05, 0) is 44.4 Å². The molecule has 0 saturated carbocycles. The molecule has 0 fully saturated rings. The molecular formula is C13H21NO2. The molecule has 1 aromatic rings. The van der Waals surface area contributed by atoms with Gasteiger partial charge in [0.25, 0.3) is 0 Å². The fourth-order valence-corrected chi connectivity index (χ4v) is 1.73. The molecule has 0 bridgehead atoms. The van der Waals surface area contributed by atoms with Crippen LogP contribution in [0.15, 0.2) is 12.1 Å². The molecule has 0 amide bonds. The Morgan fingerprint density at radius 2 is 1.69 bits per heavy atom. The summed E-state index contributed by atoms with van der Waals surface area (Å²) in [5, 5.41) is 0. The van der Waals surface area contributed by atoms with Gasteiger partial charge in [-0.1, -0.05) is 0 Å². The highest BCUT2D eigenvalue weighted by molar-refractivity contribution is 5.47. The van der Waals surface area contributed by atoms with E-state index in [0.29, 0.717) is 0 Å². The maximum absolute atomic E-state index is 5.77. The highest BCUT2D eigenvalue weighted by Gasteiger charge is 2.11. The van der Waals surface area contributed by atoms with E-state index in [1.54, 1.807) is 14.2 Å². The minimum absolute atomic E-state index is 0.190. The summed E-state index contributed by atoms with van der Waals surface area (Å²) in [6, 6.07) is 4.24. The summed E-state index contributed by atoms with van der Waals surface area (Å²) in [7, 11) is 3.37. The third kappa shape index (κ3) is 3.14. The van der Waals surface area contributed by atoms with Crippen LogP contribution in [0.5, 0.6) is 11.5 Å². The lowest BCUT2D eigenvalue weighted by Gasteiger charge is -2.15. The van der Waals surface area contributed by atoms with E-state index >= 15 is 0 Å². The lowest BCUT2D eigenvalue weighted by atomic mass is 10.0. The van der Waals surface area contributed by atoms with Crippen molar-refractivity contribution in [3.63, 3.8) is 0 Å². The molecule has 0 saturated heterocycles. The third-order valence-corrected chi connectivity index (χ3v) is 2.60. The van der Waals surface area contributed by atoms with Gasteiger partial charge in [-0.25, -0.2) is 0 Å². The number of rotatable bonds is 5. The Kier molecular flexibility index (Phi) is 4.62. The van der Waals surface area contributed by atoms with Gasteiger partial charge in [0.15, 0.2) is 0 Å². The van der Waals surface area contributed by atoms with E-state index in [-0.39, 0.29) is 6.04 Å². The zero-order chi connectivity index (χ0) is 12.1. The van der Waals surface area contributed by atoms with E-state index < -0.39 is 0 Å². The molecule has 0 aromatic heterocycles. The van der Waals surface area contributed by atoms with Crippen molar-refractivity contribution in [3.8, 4) is 11.5 Å². The summed E-state index contributed by atoms with van der Waals surface area (Å²) < 4.78 is 10.8. The molecule has 0 aliphatic rings. The van der Waals surface area contributed by atoms with Crippen molar-refractivity contribution < 1.29 is 9.47 Å². The van der Waals surface area contributed by atoms with Crippen LogP contribution in [-0.4, -0.2) is 20.3 Å². The van der Waals surface area contributed by atoms with Crippen LogP contribution in [0.3, 0.4) is 0 Å². The van der Waals surface area contributed by atoms with Crippen LogP contribution in [0.2, 0.25) is 0 Å². The molecule has 1 rings (SSSR count). The molecule has 0 aliphatic carbocycles. The maximum Gasteiger partial charge on any atom is 0.126 e. The molecule has 1 aromatic carbocycles. The topological polar surface area (TPSA) is 44.5 Å². The quantitative estimate of drug-likeness (QED) is 0.833. The average molecular weight is 223 g/mol. The van der Waals surface area contributed by atoms with Crippen LogP contribution in [0.4, 0.5) is 0 Å². The summed E-state index contributed by atoms with van der Waals surface area (Å²) in [5.41, 5.74) is 8.01. The van der Waals surface area contributed by atoms with Gasteiger partial charge in [0, 0.05) is 11.6 Å². The summed E-state index contributed by atoms with van der Waals surface area (Å²) in [4.78, 5) is 0. The lowest BCUT2D eigenvalue weighted by Crippen LogP contribution is -2.15. The number of hydrogen-bond donors (Lipinski definition) is 1. The van der Waals surface area contributed by atoms with Gasteiger partial charge in [-0.3, -0.25) is 0 Å². The molecule has 1 unspecified atom stereocenters. The van der Waals surface area contributed by atoms with Crippen LogP contribution < -0.4 is 15.2 Å². The summed E-state index contributed by atoms with van der Waals surface area (Å²) in [5.74, 6) is 1.77. The summed E-state index contributed by atoms with van der Waals surface area (Å²) in [6.45, 7) is 4.04. The van der Waals surface area contributed by atoms with E-state index in [1.165, 1.54) is 0 Å². The van der Waals surface area contributed by atoms with E-state index in [2.05, 4.69) is 0 Å². The Hall–Kier alpha value is -1.22. The van der Waals surface area contributed by atoms with Gasteiger partial charge in [-0.15, -0.1) is 0 Å². The second kappa shape index (κ2) is 5.75. The van der Waals surface area contributed by atoms with E-state index in [9.17, 15) is 0 Å². The van der Waals surface area contributed by atoms with Crippen LogP contribution >= 0.6 is 0 Å². The SMILES string of the molecule is COc1cc(C)cc(OC)c1CCC(C)N. The van der Waals surface area contributed by atoms with Gasteiger partial charge in [0.2, 0.25) is 0 Å². The number of methoxy groups -OCH3 is 2. The van der Waals surface area contributed by atoms with Crippen LogP contribution in [0.1, 0.15) is 24.5 Å². The zero-order valence-corrected chi connectivity index (χ0v) is 10.5. The number of aryl methyl sites for hydroxylation is 1. The Bertz CT molecular complexity index is 323. The van der Waals surface area contributed by atoms with Crippen molar-refractivity contribution in [1.29, 1.82) is 0 Å². The fraction of sp³-hybridized carbons (Fsp3) is 0.538. The monoisotopic (exact) mass is 223 g/mol. The number of ether oxygens (including phenoxy) is 2. The van der Waals surface area contributed by atoms with Gasteiger partial charge in [0.05, 0.1) is 14.2 Å². The molecule has 2 N–H and O–H groups in total. The van der Waals surface area contributed by atoms with Gasteiger partial charge in [0.1, 0.15) is 11.5 Å². The first kappa shape index (κ1) is 12.8. The first-order valence-corrected chi connectivity index (χ1v) is 5.55. The minimum Gasteiger partial charge on any atom is -0.496 e. The first-order chi connectivity index (χ1) is 7.58. The Balaban J connectivity index is 3.02. The molecule has 1 atom stereocenters. The number of nitrogens with two attached hydrogens (primary N) is 1. The van der Waals surface area contributed by atoms with E-state index in [0.717, 1.165) is 35.5 Å².